The van der Waals surface area contributed by atoms with Crippen molar-refractivity contribution in [2.45, 2.75) is 6.92 Å². The Bertz CT molecular complexity index is 228. The number of allylic oxidation sites excluding steroid dienone is 1. The third-order valence-electron chi connectivity index (χ3n) is 1.26. The number of carbonyl (C=O) groups is 2. The molecule has 12 heavy (non-hydrogen) atoms. The molecule has 5 heteroatoms. The van der Waals surface area contributed by atoms with Crippen molar-refractivity contribution in [3.05, 3.63) is 11.3 Å². The third kappa shape index (κ3) is 2.26. The number of ether oxygens (including phenoxy) is 2. The Morgan fingerprint density at radius 1 is 1.17 bits per heavy atom. The maximum absolute atomic E-state index is 10.8. The largest absolute Gasteiger partial charge is 0.500 e. The molecule has 0 fully saturated rings. The van der Waals surface area contributed by atoms with Gasteiger partial charge in [-0.05, 0) is 6.92 Å². The Morgan fingerprint density at radius 3 is 1.92 bits per heavy atom. The summed E-state index contributed by atoms with van der Waals surface area (Å²) < 4.78 is 8.83. The zero-order valence-corrected chi connectivity index (χ0v) is 7.08. The number of esters is 1. The van der Waals surface area contributed by atoms with E-state index in [2.05, 4.69) is 9.47 Å². The average Bonchev–Trinajstić information content (AvgIpc) is 2.03. The molecule has 68 valence electrons. The highest BCUT2D eigenvalue weighted by Crippen LogP contribution is 2.06. The van der Waals surface area contributed by atoms with Gasteiger partial charge in [0, 0.05) is 0 Å². The number of carboxylic acid groups (broad SMARTS) is 1. The molecular weight excluding hydrogens is 164 g/mol. The molecule has 0 aromatic heterocycles. The Labute approximate surface area is 69.6 Å². The van der Waals surface area contributed by atoms with Gasteiger partial charge in [-0.3, -0.25) is 0 Å². The number of hydrogen-bond acceptors (Lipinski definition) is 4. The van der Waals surface area contributed by atoms with Crippen LogP contribution >= 0.6 is 0 Å². The first-order chi connectivity index (χ1) is 5.54. The number of rotatable bonds is 3. The second-order valence-corrected chi connectivity index (χ2v) is 1.93. The molecule has 0 atom stereocenters. The van der Waals surface area contributed by atoms with E-state index in [0.717, 1.165) is 7.11 Å². The van der Waals surface area contributed by atoms with Crippen molar-refractivity contribution in [2.24, 2.45) is 0 Å². The van der Waals surface area contributed by atoms with Gasteiger partial charge in [-0.25, -0.2) is 9.59 Å². The highest BCUT2D eigenvalue weighted by Gasteiger charge is 2.21. The molecule has 0 aliphatic carbocycles. The average molecular weight is 174 g/mol. The summed E-state index contributed by atoms with van der Waals surface area (Å²) >= 11 is 0. The van der Waals surface area contributed by atoms with E-state index >= 15 is 0 Å². The van der Waals surface area contributed by atoms with Crippen LogP contribution in [0.1, 0.15) is 6.92 Å². The van der Waals surface area contributed by atoms with E-state index in [1.54, 1.807) is 0 Å². The fourth-order valence-electron chi connectivity index (χ4n) is 0.586. The van der Waals surface area contributed by atoms with E-state index in [1.165, 1.54) is 14.0 Å². The molecule has 0 bridgehead atoms. The van der Waals surface area contributed by atoms with E-state index in [4.69, 9.17) is 5.11 Å². The monoisotopic (exact) mass is 174 g/mol. The van der Waals surface area contributed by atoms with Gasteiger partial charge < -0.3 is 14.6 Å². The molecule has 5 nitrogen and oxygen atoms in total. The molecule has 0 saturated heterocycles. The molecule has 0 spiro atoms. The van der Waals surface area contributed by atoms with Gasteiger partial charge in [0.25, 0.3) is 0 Å². The maximum Gasteiger partial charge on any atom is 0.348 e. The lowest BCUT2D eigenvalue weighted by molar-refractivity contribution is -0.142. The SMILES string of the molecule is COC(=O)C(C(=O)O)=C(C)OC. The molecule has 0 heterocycles. The molecule has 0 saturated carbocycles. The second kappa shape index (κ2) is 4.38. The first-order valence-electron chi connectivity index (χ1n) is 3.11. The Morgan fingerprint density at radius 2 is 1.67 bits per heavy atom. The van der Waals surface area contributed by atoms with Crippen LogP contribution in [0.25, 0.3) is 0 Å². The minimum atomic E-state index is -1.36. The van der Waals surface area contributed by atoms with Crippen LogP contribution in [0.2, 0.25) is 0 Å². The van der Waals surface area contributed by atoms with E-state index < -0.39 is 17.5 Å². The highest BCUT2D eigenvalue weighted by atomic mass is 16.5. The topological polar surface area (TPSA) is 72.8 Å². The third-order valence-corrected chi connectivity index (χ3v) is 1.26. The number of hydrogen-bond donors (Lipinski definition) is 1. The van der Waals surface area contributed by atoms with Crippen molar-refractivity contribution < 1.29 is 24.2 Å². The van der Waals surface area contributed by atoms with Crippen LogP contribution in [0.15, 0.2) is 11.3 Å². The number of aliphatic carboxylic acids is 1. The van der Waals surface area contributed by atoms with Crippen LogP contribution in [0, 0.1) is 0 Å². The lowest BCUT2D eigenvalue weighted by Gasteiger charge is -2.03. The van der Waals surface area contributed by atoms with Crippen molar-refractivity contribution >= 4 is 11.9 Å². The zero-order valence-electron chi connectivity index (χ0n) is 7.08. The summed E-state index contributed by atoms with van der Waals surface area (Å²) in [7, 11) is 2.38. The molecule has 0 amide bonds. The lowest BCUT2D eigenvalue weighted by atomic mass is 10.2. The summed E-state index contributed by atoms with van der Waals surface area (Å²) in [4.78, 5) is 21.3. The van der Waals surface area contributed by atoms with Crippen LogP contribution < -0.4 is 0 Å². The van der Waals surface area contributed by atoms with Crippen LogP contribution in [0.4, 0.5) is 0 Å². The number of carbonyl (C=O) groups excluding carboxylic acids is 1. The summed E-state index contributed by atoms with van der Waals surface area (Å²) in [6.45, 7) is 1.38. The van der Waals surface area contributed by atoms with Crippen molar-refractivity contribution in [1.29, 1.82) is 0 Å². The maximum atomic E-state index is 10.8. The van der Waals surface area contributed by atoms with E-state index in [-0.39, 0.29) is 5.76 Å². The van der Waals surface area contributed by atoms with E-state index in [1.807, 2.05) is 0 Å². The zero-order chi connectivity index (χ0) is 9.72. The summed E-state index contributed by atoms with van der Waals surface area (Å²) in [6, 6.07) is 0. The molecule has 0 aliphatic heterocycles. The first kappa shape index (κ1) is 10.5. The minimum Gasteiger partial charge on any atom is -0.500 e. The number of methoxy groups -OCH3 is 2. The lowest BCUT2D eigenvalue weighted by Crippen LogP contribution is -2.16. The summed E-state index contributed by atoms with van der Waals surface area (Å²) in [5, 5.41) is 8.54. The number of carboxylic acids is 1. The Hall–Kier alpha value is -1.52. The summed E-state index contributed by atoms with van der Waals surface area (Å²) in [5.41, 5.74) is -0.486. The molecule has 0 radical (unpaired) electrons. The predicted octanol–water partition coefficient (Wildman–Crippen LogP) is 0.164. The quantitative estimate of drug-likeness (QED) is 0.217. The van der Waals surface area contributed by atoms with Crippen LogP contribution in [-0.2, 0) is 19.1 Å². The summed E-state index contributed by atoms with van der Waals surface area (Å²) in [5.74, 6) is -2.25. The van der Waals surface area contributed by atoms with Gasteiger partial charge in [-0.2, -0.15) is 0 Å². The van der Waals surface area contributed by atoms with Gasteiger partial charge in [-0.1, -0.05) is 0 Å². The van der Waals surface area contributed by atoms with Gasteiger partial charge in [0.15, 0.2) is 5.57 Å². The molecule has 0 aromatic rings. The van der Waals surface area contributed by atoms with Crippen molar-refractivity contribution in [2.75, 3.05) is 14.2 Å². The highest BCUT2D eigenvalue weighted by molar-refractivity contribution is 6.13. The fourth-order valence-corrected chi connectivity index (χ4v) is 0.586. The molecule has 1 N–H and O–H groups in total. The minimum absolute atomic E-state index is 0.0225. The standard InChI is InChI=1S/C7H10O5/c1-4(11-2)5(6(8)9)7(10)12-3/h1-3H3,(H,8,9). The molecular formula is C7H10O5. The Kier molecular flexibility index (Phi) is 3.82. The van der Waals surface area contributed by atoms with Gasteiger partial charge in [-0.15, -0.1) is 0 Å². The van der Waals surface area contributed by atoms with Crippen LogP contribution in [0.5, 0.6) is 0 Å². The van der Waals surface area contributed by atoms with Gasteiger partial charge in [0.1, 0.15) is 5.76 Å². The fraction of sp³-hybridized carbons (Fsp3) is 0.429. The van der Waals surface area contributed by atoms with Crippen molar-refractivity contribution in [3.8, 4) is 0 Å². The van der Waals surface area contributed by atoms with Crippen molar-refractivity contribution in [1.82, 2.24) is 0 Å². The van der Waals surface area contributed by atoms with Crippen molar-refractivity contribution in [3.63, 3.8) is 0 Å². The first-order valence-corrected chi connectivity index (χ1v) is 3.11. The van der Waals surface area contributed by atoms with Gasteiger partial charge >= 0.3 is 11.9 Å². The van der Waals surface area contributed by atoms with Crippen LogP contribution in [-0.4, -0.2) is 31.3 Å². The smallest absolute Gasteiger partial charge is 0.348 e. The molecule has 0 rings (SSSR count). The normalized spacial score (nSPS) is 11.6. The van der Waals surface area contributed by atoms with Gasteiger partial charge in [0.05, 0.1) is 14.2 Å². The second-order valence-electron chi connectivity index (χ2n) is 1.93. The Balaban J connectivity index is 4.91. The van der Waals surface area contributed by atoms with Crippen LogP contribution in [0.3, 0.4) is 0 Å². The molecule has 0 aliphatic rings. The van der Waals surface area contributed by atoms with Gasteiger partial charge in [0.2, 0.25) is 0 Å². The molecule has 0 aromatic carbocycles. The van der Waals surface area contributed by atoms with E-state index in [0.29, 0.717) is 0 Å². The predicted molar refractivity (Wildman–Crippen MR) is 39.4 cm³/mol. The molecule has 0 unspecified atom stereocenters. The van der Waals surface area contributed by atoms with E-state index in [9.17, 15) is 9.59 Å². The summed E-state index contributed by atoms with van der Waals surface area (Å²) in [6.07, 6.45) is 0.